The number of fused-ring (bicyclic) bond motifs is 3. The summed E-state index contributed by atoms with van der Waals surface area (Å²) in [5.74, 6) is 0. The van der Waals surface area contributed by atoms with Crippen molar-refractivity contribution >= 4 is 0 Å². The van der Waals surface area contributed by atoms with Crippen molar-refractivity contribution in [3.63, 3.8) is 0 Å². The summed E-state index contributed by atoms with van der Waals surface area (Å²) in [5.41, 5.74) is 7.14. The van der Waals surface area contributed by atoms with Crippen LogP contribution in [0.5, 0.6) is 0 Å². The Kier molecular flexibility index (Phi) is 4.19. The van der Waals surface area contributed by atoms with Crippen LogP contribution in [-0.2, 0) is 6.42 Å². The summed E-state index contributed by atoms with van der Waals surface area (Å²) >= 11 is 0. The molecule has 0 saturated carbocycles. The third kappa shape index (κ3) is 2.64. The highest BCUT2D eigenvalue weighted by Gasteiger charge is 2.16. The summed E-state index contributed by atoms with van der Waals surface area (Å²) in [4.78, 5) is 0. The van der Waals surface area contributed by atoms with Crippen molar-refractivity contribution in [1.82, 2.24) is 0 Å². The summed E-state index contributed by atoms with van der Waals surface area (Å²) in [6.45, 7) is 6.52. The maximum absolute atomic E-state index is 2.30. The Morgan fingerprint density at radius 1 is 0.833 bits per heavy atom. The molecular weight excluding hydrogens is 216 g/mol. The molecule has 1 aliphatic carbocycles. The first-order chi connectivity index (χ1) is 8.76. The Bertz CT molecular complexity index is 521. The van der Waals surface area contributed by atoms with E-state index in [1.165, 1.54) is 40.7 Å². The summed E-state index contributed by atoms with van der Waals surface area (Å²) in [5, 5.41) is 0. The third-order valence-electron chi connectivity index (χ3n) is 3.45. The molecule has 2 aromatic rings. The van der Waals surface area contributed by atoms with Gasteiger partial charge in [-0.05, 0) is 35.6 Å². The molecule has 2 aromatic carbocycles. The Morgan fingerprint density at radius 2 is 1.50 bits per heavy atom. The molecule has 1 aliphatic rings. The SMILES string of the molecule is CCCC.Cc1ccc2c(c1)Cc1ccccc1-2. The zero-order chi connectivity index (χ0) is 13.0. The molecule has 0 nitrogen and oxygen atoms in total. The van der Waals surface area contributed by atoms with Gasteiger partial charge >= 0.3 is 0 Å². The molecular formula is C18H22. The first-order valence-corrected chi connectivity index (χ1v) is 6.94. The van der Waals surface area contributed by atoms with Crippen molar-refractivity contribution in [1.29, 1.82) is 0 Å². The highest BCUT2D eigenvalue weighted by Crippen LogP contribution is 2.36. The van der Waals surface area contributed by atoms with E-state index >= 15 is 0 Å². The topological polar surface area (TPSA) is 0 Å². The van der Waals surface area contributed by atoms with Crippen molar-refractivity contribution in [2.45, 2.75) is 40.0 Å². The number of hydrogen-bond acceptors (Lipinski definition) is 0. The van der Waals surface area contributed by atoms with E-state index in [4.69, 9.17) is 0 Å². The quantitative estimate of drug-likeness (QED) is 0.534. The Hall–Kier alpha value is -1.56. The first-order valence-electron chi connectivity index (χ1n) is 6.94. The average Bonchev–Trinajstić information content (AvgIpc) is 2.76. The molecule has 0 aromatic heterocycles. The van der Waals surface area contributed by atoms with Gasteiger partial charge in [0, 0.05) is 0 Å². The van der Waals surface area contributed by atoms with E-state index < -0.39 is 0 Å². The van der Waals surface area contributed by atoms with Gasteiger partial charge in [0.2, 0.25) is 0 Å². The summed E-state index contributed by atoms with van der Waals surface area (Å²) < 4.78 is 0. The highest BCUT2D eigenvalue weighted by atomic mass is 14.2. The van der Waals surface area contributed by atoms with Gasteiger partial charge in [-0.1, -0.05) is 74.7 Å². The summed E-state index contributed by atoms with van der Waals surface area (Å²) in [7, 11) is 0. The van der Waals surface area contributed by atoms with Gasteiger partial charge in [-0.2, -0.15) is 0 Å². The molecule has 0 fully saturated rings. The minimum Gasteiger partial charge on any atom is -0.0654 e. The Morgan fingerprint density at radius 3 is 2.22 bits per heavy atom. The van der Waals surface area contributed by atoms with E-state index in [0.717, 1.165) is 6.42 Å². The van der Waals surface area contributed by atoms with Gasteiger partial charge in [0.15, 0.2) is 0 Å². The summed E-state index contributed by atoms with van der Waals surface area (Å²) in [6.07, 6.45) is 3.74. The van der Waals surface area contributed by atoms with Gasteiger partial charge in [-0.25, -0.2) is 0 Å². The third-order valence-corrected chi connectivity index (χ3v) is 3.45. The molecule has 0 saturated heterocycles. The van der Waals surface area contributed by atoms with E-state index in [0.29, 0.717) is 0 Å². The van der Waals surface area contributed by atoms with Gasteiger partial charge in [-0.15, -0.1) is 0 Å². The monoisotopic (exact) mass is 238 g/mol. The van der Waals surface area contributed by atoms with Crippen molar-refractivity contribution < 1.29 is 0 Å². The first kappa shape index (κ1) is 12.9. The van der Waals surface area contributed by atoms with Crippen LogP contribution in [0, 0.1) is 6.92 Å². The normalized spacial score (nSPS) is 11.3. The molecule has 0 aliphatic heterocycles. The van der Waals surface area contributed by atoms with Crippen LogP contribution in [0.3, 0.4) is 0 Å². The molecule has 0 heteroatoms. The van der Waals surface area contributed by atoms with Gasteiger partial charge in [0.05, 0.1) is 0 Å². The van der Waals surface area contributed by atoms with Crippen molar-refractivity contribution in [3.05, 3.63) is 59.2 Å². The predicted octanol–water partition coefficient (Wildman–Crippen LogP) is 5.37. The highest BCUT2D eigenvalue weighted by molar-refractivity contribution is 5.76. The maximum Gasteiger partial charge on any atom is -0.00134 e. The van der Waals surface area contributed by atoms with Crippen LogP contribution in [0.1, 0.15) is 43.4 Å². The van der Waals surface area contributed by atoms with Crippen molar-refractivity contribution in [2.24, 2.45) is 0 Å². The number of benzene rings is 2. The number of unbranched alkanes of at least 4 members (excludes halogenated alkanes) is 1. The molecule has 0 bridgehead atoms. The molecule has 0 radical (unpaired) electrons. The van der Waals surface area contributed by atoms with Crippen LogP contribution in [0.2, 0.25) is 0 Å². The van der Waals surface area contributed by atoms with Crippen LogP contribution < -0.4 is 0 Å². The smallest absolute Gasteiger partial charge is 0.00134 e. The molecule has 0 spiro atoms. The molecule has 0 N–H and O–H groups in total. The summed E-state index contributed by atoms with van der Waals surface area (Å²) in [6, 6.07) is 15.4. The Balaban J connectivity index is 0.000000267. The lowest BCUT2D eigenvalue weighted by molar-refractivity contribution is 0.886. The molecule has 0 heterocycles. The fraction of sp³-hybridized carbons (Fsp3) is 0.333. The largest absolute Gasteiger partial charge is 0.0654 e. The van der Waals surface area contributed by atoms with Crippen LogP contribution in [0.25, 0.3) is 11.1 Å². The van der Waals surface area contributed by atoms with E-state index in [1.54, 1.807) is 0 Å². The number of aryl methyl sites for hydroxylation is 1. The molecule has 18 heavy (non-hydrogen) atoms. The second-order valence-electron chi connectivity index (χ2n) is 4.99. The van der Waals surface area contributed by atoms with Gasteiger partial charge in [-0.3, -0.25) is 0 Å². The lowest BCUT2D eigenvalue weighted by atomic mass is 10.0. The molecule has 0 atom stereocenters. The van der Waals surface area contributed by atoms with Crippen LogP contribution >= 0.6 is 0 Å². The van der Waals surface area contributed by atoms with E-state index in [1.807, 2.05) is 0 Å². The van der Waals surface area contributed by atoms with Gasteiger partial charge in [0.25, 0.3) is 0 Å². The average molecular weight is 238 g/mol. The zero-order valence-electron chi connectivity index (χ0n) is 11.7. The van der Waals surface area contributed by atoms with Crippen molar-refractivity contribution in [3.8, 4) is 11.1 Å². The lowest BCUT2D eigenvalue weighted by Gasteiger charge is -2.00. The maximum atomic E-state index is 2.30. The standard InChI is InChI=1S/C14H12.C4H10/c1-10-6-7-14-12(8-10)9-11-4-2-3-5-13(11)14;1-3-4-2/h2-8H,9H2,1H3;3-4H2,1-2H3. The van der Waals surface area contributed by atoms with E-state index in [9.17, 15) is 0 Å². The fourth-order valence-corrected chi connectivity index (χ4v) is 2.27. The molecule has 94 valence electrons. The van der Waals surface area contributed by atoms with E-state index in [2.05, 4.69) is 63.2 Å². The minimum atomic E-state index is 1.10. The zero-order valence-corrected chi connectivity index (χ0v) is 11.7. The number of rotatable bonds is 1. The molecule has 3 rings (SSSR count). The fourth-order valence-electron chi connectivity index (χ4n) is 2.27. The lowest BCUT2D eigenvalue weighted by Crippen LogP contribution is -1.80. The van der Waals surface area contributed by atoms with Crippen molar-refractivity contribution in [2.75, 3.05) is 0 Å². The predicted molar refractivity (Wildman–Crippen MR) is 80.0 cm³/mol. The van der Waals surface area contributed by atoms with Crippen LogP contribution in [0.4, 0.5) is 0 Å². The van der Waals surface area contributed by atoms with Gasteiger partial charge < -0.3 is 0 Å². The van der Waals surface area contributed by atoms with Crippen LogP contribution in [0.15, 0.2) is 42.5 Å². The second kappa shape index (κ2) is 5.86. The Labute approximate surface area is 111 Å². The van der Waals surface area contributed by atoms with Crippen LogP contribution in [-0.4, -0.2) is 0 Å². The minimum absolute atomic E-state index is 1.10. The van der Waals surface area contributed by atoms with Gasteiger partial charge in [0.1, 0.15) is 0 Å². The second-order valence-corrected chi connectivity index (χ2v) is 4.99. The number of hydrogen-bond donors (Lipinski definition) is 0. The van der Waals surface area contributed by atoms with E-state index in [-0.39, 0.29) is 0 Å². The molecule has 0 amide bonds. The molecule has 0 unspecified atom stereocenters.